The second-order valence-corrected chi connectivity index (χ2v) is 5.37. The fraction of sp³-hybridized carbons (Fsp3) is 0.500. The number of carbonyl (C=O) groups is 1. The van der Waals surface area contributed by atoms with Crippen LogP contribution in [0.3, 0.4) is 0 Å². The van der Waals surface area contributed by atoms with Crippen LogP contribution in [0.25, 0.3) is 0 Å². The van der Waals surface area contributed by atoms with Gasteiger partial charge in [0.1, 0.15) is 5.82 Å². The summed E-state index contributed by atoms with van der Waals surface area (Å²) in [6, 6.07) is 4.50. The minimum Gasteiger partial charge on any atom is -0.478 e. The van der Waals surface area contributed by atoms with Crippen molar-refractivity contribution in [3.63, 3.8) is 0 Å². The fourth-order valence-electron chi connectivity index (χ4n) is 3.34. The van der Waals surface area contributed by atoms with Crippen LogP contribution in [0, 0.1) is 11.7 Å². The Hall–Kier alpha value is -1.42. The molecular formula is C14H16FNO2. The zero-order valence-electron chi connectivity index (χ0n) is 10.1. The number of aromatic carboxylic acids is 1. The second kappa shape index (κ2) is 4.35. The number of hydrogen-bond donors (Lipinski definition) is 1. The molecule has 1 heterocycles. The normalized spacial score (nSPS) is 26.7. The number of benzene rings is 1. The maximum Gasteiger partial charge on any atom is 0.336 e. The number of nitrogens with zero attached hydrogens (tertiary/aromatic N) is 1. The van der Waals surface area contributed by atoms with Gasteiger partial charge in [0.2, 0.25) is 0 Å². The van der Waals surface area contributed by atoms with Crippen LogP contribution in [0.15, 0.2) is 18.2 Å². The van der Waals surface area contributed by atoms with E-state index in [0.717, 1.165) is 12.5 Å². The molecule has 1 saturated carbocycles. The molecule has 0 amide bonds. The van der Waals surface area contributed by atoms with Crippen LogP contribution < -0.4 is 0 Å². The van der Waals surface area contributed by atoms with Gasteiger partial charge in [0, 0.05) is 19.1 Å². The molecule has 3 nitrogen and oxygen atoms in total. The number of piperidine rings is 1. The molecular weight excluding hydrogens is 233 g/mol. The van der Waals surface area contributed by atoms with Gasteiger partial charge >= 0.3 is 5.97 Å². The quantitative estimate of drug-likeness (QED) is 0.894. The van der Waals surface area contributed by atoms with Crippen molar-refractivity contribution in [3.05, 3.63) is 35.1 Å². The summed E-state index contributed by atoms with van der Waals surface area (Å²) < 4.78 is 13.3. The maximum atomic E-state index is 13.3. The predicted octanol–water partition coefficient (Wildman–Crippen LogP) is 2.51. The number of fused-ring (bicyclic) bond motifs is 2. The van der Waals surface area contributed by atoms with Crippen molar-refractivity contribution >= 4 is 5.97 Å². The lowest BCUT2D eigenvalue weighted by atomic mass is 10.0. The summed E-state index contributed by atoms with van der Waals surface area (Å²) >= 11 is 0. The monoisotopic (exact) mass is 249 g/mol. The highest BCUT2D eigenvalue weighted by atomic mass is 19.1. The smallest absolute Gasteiger partial charge is 0.336 e. The molecule has 2 fully saturated rings. The van der Waals surface area contributed by atoms with Crippen molar-refractivity contribution in [3.8, 4) is 0 Å². The van der Waals surface area contributed by atoms with E-state index in [1.165, 1.54) is 37.5 Å². The minimum absolute atomic E-state index is 0.221. The Bertz CT molecular complexity index is 489. The van der Waals surface area contributed by atoms with Crippen LogP contribution in [0.2, 0.25) is 0 Å². The van der Waals surface area contributed by atoms with Crippen molar-refractivity contribution in [2.75, 3.05) is 6.54 Å². The fourth-order valence-corrected chi connectivity index (χ4v) is 3.34. The zero-order chi connectivity index (χ0) is 12.7. The topological polar surface area (TPSA) is 40.5 Å². The summed E-state index contributed by atoms with van der Waals surface area (Å²) in [5.41, 5.74) is 0.814. The van der Waals surface area contributed by atoms with Gasteiger partial charge in [-0.2, -0.15) is 0 Å². The molecule has 4 heteroatoms. The van der Waals surface area contributed by atoms with E-state index < -0.39 is 5.97 Å². The molecule has 0 spiro atoms. The first kappa shape index (κ1) is 11.7. The van der Waals surface area contributed by atoms with Crippen molar-refractivity contribution < 1.29 is 14.3 Å². The Morgan fingerprint density at radius 1 is 1.44 bits per heavy atom. The van der Waals surface area contributed by atoms with Crippen LogP contribution in [0.1, 0.15) is 35.2 Å². The van der Waals surface area contributed by atoms with Gasteiger partial charge in [0.15, 0.2) is 0 Å². The molecule has 1 aromatic carbocycles. The largest absolute Gasteiger partial charge is 0.478 e. The second-order valence-electron chi connectivity index (χ2n) is 5.37. The van der Waals surface area contributed by atoms with E-state index in [1.807, 2.05) is 0 Å². The molecule has 1 aromatic rings. The summed E-state index contributed by atoms with van der Waals surface area (Å²) in [4.78, 5) is 13.4. The number of carboxylic acid groups (broad SMARTS) is 1. The molecule has 0 aromatic heterocycles. The Morgan fingerprint density at radius 2 is 2.28 bits per heavy atom. The average molecular weight is 249 g/mol. The summed E-state index contributed by atoms with van der Waals surface area (Å²) in [5, 5.41) is 9.12. The molecule has 2 atom stereocenters. The Labute approximate surface area is 105 Å². The minimum atomic E-state index is -0.977. The van der Waals surface area contributed by atoms with Gasteiger partial charge < -0.3 is 5.11 Å². The summed E-state index contributed by atoms with van der Waals surface area (Å²) in [6.07, 6.45) is 3.70. The summed E-state index contributed by atoms with van der Waals surface area (Å²) in [6.45, 7) is 1.58. The molecule has 1 saturated heterocycles. The van der Waals surface area contributed by atoms with E-state index in [0.29, 0.717) is 18.2 Å². The van der Waals surface area contributed by atoms with E-state index >= 15 is 0 Å². The van der Waals surface area contributed by atoms with Crippen molar-refractivity contribution in [2.45, 2.75) is 31.8 Å². The number of likely N-dealkylation sites (tertiary alicyclic amines) is 1. The standard InChI is InChI=1S/C14H16FNO2/c15-11-2-4-13(14(17)18)10(6-11)8-16-7-9-1-3-12(16)5-9/h2,4,6,9,12H,1,3,5,7-8H2,(H,17,18). The van der Waals surface area contributed by atoms with E-state index in [9.17, 15) is 9.18 Å². The lowest BCUT2D eigenvalue weighted by molar-refractivity contribution is 0.0693. The number of carboxylic acids is 1. The lowest BCUT2D eigenvalue weighted by Gasteiger charge is -2.27. The molecule has 1 aliphatic carbocycles. The van der Waals surface area contributed by atoms with Gasteiger partial charge in [-0.05, 0) is 48.9 Å². The highest BCUT2D eigenvalue weighted by Crippen LogP contribution is 2.38. The van der Waals surface area contributed by atoms with Gasteiger partial charge in [-0.15, -0.1) is 0 Å². The lowest BCUT2D eigenvalue weighted by Crippen LogP contribution is -2.32. The molecule has 2 unspecified atom stereocenters. The molecule has 1 N–H and O–H groups in total. The molecule has 2 bridgehead atoms. The van der Waals surface area contributed by atoms with Crippen molar-refractivity contribution in [1.82, 2.24) is 4.90 Å². The Kier molecular flexibility index (Phi) is 2.82. The van der Waals surface area contributed by atoms with Crippen molar-refractivity contribution in [1.29, 1.82) is 0 Å². The average Bonchev–Trinajstić information content (AvgIpc) is 2.90. The predicted molar refractivity (Wildman–Crippen MR) is 64.9 cm³/mol. The van der Waals surface area contributed by atoms with E-state index in [4.69, 9.17) is 5.11 Å². The van der Waals surface area contributed by atoms with Crippen LogP contribution in [0.4, 0.5) is 4.39 Å². The summed E-state index contributed by atoms with van der Waals surface area (Å²) in [5.74, 6) is -0.578. The van der Waals surface area contributed by atoms with E-state index in [-0.39, 0.29) is 11.4 Å². The molecule has 18 heavy (non-hydrogen) atoms. The highest BCUT2D eigenvalue weighted by molar-refractivity contribution is 5.89. The number of halogens is 1. The third-order valence-corrected chi connectivity index (χ3v) is 4.19. The zero-order valence-corrected chi connectivity index (χ0v) is 10.1. The third-order valence-electron chi connectivity index (χ3n) is 4.19. The third kappa shape index (κ3) is 2.01. The Morgan fingerprint density at radius 3 is 2.89 bits per heavy atom. The summed E-state index contributed by atoms with van der Waals surface area (Å²) in [7, 11) is 0. The van der Waals surface area contributed by atoms with Crippen LogP contribution in [-0.4, -0.2) is 28.6 Å². The van der Waals surface area contributed by atoms with Gasteiger partial charge in [-0.25, -0.2) is 9.18 Å². The van der Waals surface area contributed by atoms with Crippen LogP contribution >= 0.6 is 0 Å². The number of rotatable bonds is 3. The van der Waals surface area contributed by atoms with Gasteiger partial charge in [-0.3, -0.25) is 4.90 Å². The van der Waals surface area contributed by atoms with Crippen molar-refractivity contribution in [2.24, 2.45) is 5.92 Å². The van der Waals surface area contributed by atoms with Crippen LogP contribution in [0.5, 0.6) is 0 Å². The van der Waals surface area contributed by atoms with E-state index in [2.05, 4.69) is 4.90 Å². The van der Waals surface area contributed by atoms with Crippen LogP contribution in [-0.2, 0) is 6.54 Å². The molecule has 2 aliphatic rings. The van der Waals surface area contributed by atoms with E-state index in [1.54, 1.807) is 0 Å². The molecule has 3 rings (SSSR count). The Balaban J connectivity index is 1.83. The number of hydrogen-bond acceptors (Lipinski definition) is 2. The first-order valence-electron chi connectivity index (χ1n) is 6.39. The highest BCUT2D eigenvalue weighted by Gasteiger charge is 2.37. The maximum absolute atomic E-state index is 13.3. The van der Waals surface area contributed by atoms with Gasteiger partial charge in [0.05, 0.1) is 5.56 Å². The van der Waals surface area contributed by atoms with Gasteiger partial charge in [0.25, 0.3) is 0 Å². The molecule has 0 radical (unpaired) electrons. The first-order valence-corrected chi connectivity index (χ1v) is 6.39. The SMILES string of the molecule is O=C(O)c1ccc(F)cc1CN1CC2CCC1C2. The van der Waals surface area contributed by atoms with Gasteiger partial charge in [-0.1, -0.05) is 0 Å². The molecule has 96 valence electrons. The molecule has 1 aliphatic heterocycles. The first-order chi connectivity index (χ1) is 8.63.